The van der Waals surface area contributed by atoms with E-state index in [1.165, 1.54) is 12.5 Å². The van der Waals surface area contributed by atoms with Crippen LogP contribution in [-0.2, 0) is 4.79 Å². The van der Waals surface area contributed by atoms with E-state index in [4.69, 9.17) is 0 Å². The second-order valence-corrected chi connectivity index (χ2v) is 6.74. The first kappa shape index (κ1) is 12.8. The maximum atomic E-state index is 12.1. The van der Waals surface area contributed by atoms with Gasteiger partial charge in [-0.05, 0) is 30.6 Å². The predicted molar refractivity (Wildman–Crippen MR) is 68.6 cm³/mol. The number of ketones is 1. The highest BCUT2D eigenvalue weighted by atomic mass is 16.3. The van der Waals surface area contributed by atoms with Gasteiger partial charge >= 0.3 is 0 Å². The molecule has 2 fully saturated rings. The van der Waals surface area contributed by atoms with Crippen molar-refractivity contribution in [2.45, 2.75) is 58.5 Å². The van der Waals surface area contributed by atoms with Gasteiger partial charge in [0.05, 0.1) is 0 Å². The summed E-state index contributed by atoms with van der Waals surface area (Å²) in [6.45, 7) is 10.3. The summed E-state index contributed by atoms with van der Waals surface area (Å²) in [6, 6.07) is 0. The van der Waals surface area contributed by atoms with Gasteiger partial charge in [-0.25, -0.2) is 0 Å². The SMILES string of the molecule is C=C[C@]1(O)C(=O)CC[C@H]2C(C)(C)CCC[C@@]21C. The van der Waals surface area contributed by atoms with E-state index in [1.807, 2.05) is 0 Å². The Morgan fingerprint density at radius 2 is 2.00 bits per heavy atom. The highest BCUT2D eigenvalue weighted by Gasteiger charge is 2.61. The molecule has 0 spiro atoms. The van der Waals surface area contributed by atoms with Crippen molar-refractivity contribution in [2.24, 2.45) is 16.7 Å². The molecule has 2 aliphatic carbocycles. The van der Waals surface area contributed by atoms with Crippen LogP contribution >= 0.6 is 0 Å². The Hall–Kier alpha value is -0.630. The molecule has 0 unspecified atom stereocenters. The van der Waals surface area contributed by atoms with E-state index in [0.717, 1.165) is 19.3 Å². The number of hydrogen-bond acceptors (Lipinski definition) is 2. The second kappa shape index (κ2) is 3.68. The van der Waals surface area contributed by atoms with Gasteiger partial charge in [0, 0.05) is 11.8 Å². The lowest BCUT2D eigenvalue weighted by molar-refractivity contribution is -0.175. The van der Waals surface area contributed by atoms with E-state index in [1.54, 1.807) is 0 Å². The van der Waals surface area contributed by atoms with Gasteiger partial charge in [0.15, 0.2) is 5.78 Å². The van der Waals surface area contributed by atoms with Crippen LogP contribution < -0.4 is 0 Å². The summed E-state index contributed by atoms with van der Waals surface area (Å²) in [6.07, 6.45) is 6.10. The number of carbonyl (C=O) groups is 1. The Balaban J connectivity index is 2.49. The van der Waals surface area contributed by atoms with Gasteiger partial charge in [0.25, 0.3) is 0 Å². The number of hydrogen-bond donors (Lipinski definition) is 1. The first-order valence-corrected chi connectivity index (χ1v) is 6.67. The standard InChI is InChI=1S/C15H24O2/c1-5-15(17)12(16)8-7-11-13(2,3)9-6-10-14(11,15)4/h5,11,17H,1,6-10H2,2-4H3/t11-,14-,15-/m0/s1. The quantitative estimate of drug-likeness (QED) is 0.710. The topological polar surface area (TPSA) is 37.3 Å². The molecule has 0 aromatic rings. The fourth-order valence-electron chi connectivity index (χ4n) is 4.42. The van der Waals surface area contributed by atoms with Gasteiger partial charge in [-0.2, -0.15) is 0 Å². The van der Waals surface area contributed by atoms with E-state index in [-0.39, 0.29) is 16.6 Å². The molecule has 0 aromatic carbocycles. The minimum absolute atomic E-state index is 0.0380. The summed E-state index contributed by atoms with van der Waals surface area (Å²) in [5, 5.41) is 10.8. The van der Waals surface area contributed by atoms with Crippen LogP contribution in [0.25, 0.3) is 0 Å². The van der Waals surface area contributed by atoms with E-state index in [0.29, 0.717) is 12.3 Å². The van der Waals surface area contributed by atoms with Gasteiger partial charge < -0.3 is 5.11 Å². The zero-order chi connectivity index (χ0) is 12.9. The Morgan fingerprint density at radius 1 is 1.35 bits per heavy atom. The lowest BCUT2D eigenvalue weighted by Crippen LogP contribution is -2.62. The Kier molecular flexibility index (Phi) is 2.77. The molecular formula is C15H24O2. The molecule has 0 amide bonds. The Labute approximate surface area is 104 Å². The molecule has 0 saturated heterocycles. The summed E-state index contributed by atoms with van der Waals surface area (Å²) in [4.78, 5) is 12.1. The third-order valence-corrected chi connectivity index (χ3v) is 5.48. The average Bonchev–Trinajstić information content (AvgIpc) is 2.24. The maximum Gasteiger partial charge on any atom is 0.168 e. The first-order chi connectivity index (χ1) is 7.78. The Bertz CT molecular complexity index is 358. The minimum Gasteiger partial charge on any atom is -0.377 e. The number of rotatable bonds is 1. The van der Waals surface area contributed by atoms with Crippen molar-refractivity contribution in [3.05, 3.63) is 12.7 Å². The molecule has 96 valence electrons. The Morgan fingerprint density at radius 3 is 2.59 bits per heavy atom. The van der Waals surface area contributed by atoms with Crippen molar-refractivity contribution in [1.82, 2.24) is 0 Å². The van der Waals surface area contributed by atoms with Gasteiger partial charge in [-0.15, -0.1) is 0 Å². The van der Waals surface area contributed by atoms with Crippen LogP contribution in [0.2, 0.25) is 0 Å². The summed E-state index contributed by atoms with van der Waals surface area (Å²) in [5.41, 5.74) is -1.43. The molecule has 0 heterocycles. The van der Waals surface area contributed by atoms with Crippen molar-refractivity contribution in [3.8, 4) is 0 Å². The highest BCUT2D eigenvalue weighted by molar-refractivity contribution is 5.91. The number of Topliss-reactive ketones (excluding diaryl/α,β-unsaturated/α-hetero) is 1. The van der Waals surface area contributed by atoms with E-state index >= 15 is 0 Å². The molecule has 0 aliphatic heterocycles. The van der Waals surface area contributed by atoms with Crippen LogP contribution in [-0.4, -0.2) is 16.5 Å². The van der Waals surface area contributed by atoms with Crippen molar-refractivity contribution in [2.75, 3.05) is 0 Å². The fraction of sp³-hybridized carbons (Fsp3) is 0.800. The molecule has 2 rings (SSSR count). The van der Waals surface area contributed by atoms with Crippen LogP contribution in [0.15, 0.2) is 12.7 Å². The zero-order valence-electron chi connectivity index (χ0n) is 11.3. The number of fused-ring (bicyclic) bond motifs is 1. The average molecular weight is 236 g/mol. The molecule has 3 atom stereocenters. The summed E-state index contributed by atoms with van der Waals surface area (Å²) in [5.74, 6) is 0.369. The van der Waals surface area contributed by atoms with Crippen LogP contribution in [0.4, 0.5) is 0 Å². The third kappa shape index (κ3) is 1.53. The molecule has 2 aliphatic rings. The summed E-state index contributed by atoms with van der Waals surface area (Å²) in [7, 11) is 0. The molecule has 2 nitrogen and oxygen atoms in total. The summed E-state index contributed by atoms with van der Waals surface area (Å²) < 4.78 is 0. The molecule has 17 heavy (non-hydrogen) atoms. The maximum absolute atomic E-state index is 12.1. The van der Waals surface area contributed by atoms with Crippen LogP contribution in [0, 0.1) is 16.7 Å². The molecular weight excluding hydrogens is 212 g/mol. The molecule has 1 N–H and O–H groups in total. The lowest BCUT2D eigenvalue weighted by Gasteiger charge is -2.59. The van der Waals surface area contributed by atoms with Crippen molar-refractivity contribution < 1.29 is 9.90 Å². The van der Waals surface area contributed by atoms with Gasteiger partial charge in [0.1, 0.15) is 5.60 Å². The zero-order valence-corrected chi connectivity index (χ0v) is 11.3. The first-order valence-electron chi connectivity index (χ1n) is 6.67. The van der Waals surface area contributed by atoms with Crippen molar-refractivity contribution in [3.63, 3.8) is 0 Å². The molecule has 2 saturated carbocycles. The molecule has 2 heteroatoms. The van der Waals surface area contributed by atoms with Crippen LogP contribution in [0.3, 0.4) is 0 Å². The fourth-order valence-corrected chi connectivity index (χ4v) is 4.42. The largest absolute Gasteiger partial charge is 0.377 e. The van der Waals surface area contributed by atoms with Crippen molar-refractivity contribution in [1.29, 1.82) is 0 Å². The normalized spacial score (nSPS) is 45.2. The van der Waals surface area contributed by atoms with Crippen LogP contribution in [0.1, 0.15) is 52.9 Å². The third-order valence-electron chi connectivity index (χ3n) is 5.48. The highest BCUT2D eigenvalue weighted by Crippen LogP contribution is 2.60. The molecule has 0 bridgehead atoms. The minimum atomic E-state index is -1.31. The number of aliphatic hydroxyl groups is 1. The van der Waals surface area contributed by atoms with E-state index in [9.17, 15) is 9.90 Å². The number of carbonyl (C=O) groups excluding carboxylic acids is 1. The van der Waals surface area contributed by atoms with Gasteiger partial charge in [-0.1, -0.05) is 39.8 Å². The lowest BCUT2D eigenvalue weighted by atomic mass is 9.46. The van der Waals surface area contributed by atoms with Gasteiger partial charge in [0.2, 0.25) is 0 Å². The smallest absolute Gasteiger partial charge is 0.168 e. The molecule has 0 aromatic heterocycles. The van der Waals surface area contributed by atoms with Crippen molar-refractivity contribution >= 4 is 5.78 Å². The van der Waals surface area contributed by atoms with Gasteiger partial charge in [-0.3, -0.25) is 4.79 Å². The molecule has 0 radical (unpaired) electrons. The predicted octanol–water partition coefficient (Wildman–Crippen LogP) is 3.10. The monoisotopic (exact) mass is 236 g/mol. The second-order valence-electron chi connectivity index (χ2n) is 6.74. The van der Waals surface area contributed by atoms with Crippen LogP contribution in [0.5, 0.6) is 0 Å². The summed E-state index contributed by atoms with van der Waals surface area (Å²) >= 11 is 0. The van der Waals surface area contributed by atoms with E-state index in [2.05, 4.69) is 27.4 Å². The van der Waals surface area contributed by atoms with E-state index < -0.39 is 5.60 Å².